The maximum absolute atomic E-state index is 12.8. The predicted molar refractivity (Wildman–Crippen MR) is 66.4 cm³/mol. The molecule has 17 heavy (non-hydrogen) atoms. The van der Waals surface area contributed by atoms with Gasteiger partial charge in [0.2, 0.25) is 0 Å². The quantitative estimate of drug-likeness (QED) is 0.645. The van der Waals surface area contributed by atoms with Crippen LogP contribution in [0.2, 0.25) is 0 Å². The summed E-state index contributed by atoms with van der Waals surface area (Å²) in [5.74, 6) is -0.314. The molecule has 0 fully saturated rings. The van der Waals surface area contributed by atoms with Crippen LogP contribution in [0.3, 0.4) is 0 Å². The Kier molecular flexibility index (Phi) is 3.38. The number of rotatable bonds is 3. The third-order valence-electron chi connectivity index (χ3n) is 2.50. The predicted octanol–water partition coefficient (Wildman–Crippen LogP) is 2.90. The lowest BCUT2D eigenvalue weighted by Crippen LogP contribution is -2.04. The van der Waals surface area contributed by atoms with Crippen molar-refractivity contribution in [1.82, 2.24) is 9.78 Å². The minimum atomic E-state index is -0.296. The summed E-state index contributed by atoms with van der Waals surface area (Å²) in [6, 6.07) is 5.97. The smallest absolute Gasteiger partial charge is 0.176 e. The molecule has 0 unspecified atom stereocenters. The van der Waals surface area contributed by atoms with E-state index in [9.17, 15) is 9.18 Å². The highest BCUT2D eigenvalue weighted by atomic mass is 79.9. The molecule has 0 radical (unpaired) electrons. The summed E-state index contributed by atoms with van der Waals surface area (Å²) >= 11 is 3.12. The summed E-state index contributed by atoms with van der Waals surface area (Å²) in [6.07, 6.45) is 1.53. The number of carbonyl (C=O) groups is 1. The summed E-state index contributed by atoms with van der Waals surface area (Å²) in [6.45, 7) is 1.81. The average Bonchev–Trinajstić information content (AvgIpc) is 2.71. The van der Waals surface area contributed by atoms with Crippen molar-refractivity contribution in [3.63, 3.8) is 0 Å². The molecule has 0 aliphatic carbocycles. The highest BCUT2D eigenvalue weighted by Crippen LogP contribution is 2.15. The Labute approximate surface area is 106 Å². The van der Waals surface area contributed by atoms with E-state index in [-0.39, 0.29) is 16.9 Å². The minimum Gasteiger partial charge on any atom is -0.293 e. The Morgan fingerprint density at radius 3 is 2.65 bits per heavy atom. The van der Waals surface area contributed by atoms with Crippen LogP contribution < -0.4 is 0 Å². The monoisotopic (exact) mass is 296 g/mol. The van der Waals surface area contributed by atoms with E-state index in [4.69, 9.17) is 0 Å². The minimum absolute atomic E-state index is 0.0177. The van der Waals surface area contributed by atoms with Crippen LogP contribution in [0.5, 0.6) is 0 Å². The number of hydrogen-bond donors (Lipinski definition) is 0. The Bertz CT molecular complexity index is 548. The normalized spacial score (nSPS) is 10.5. The number of carbonyl (C=O) groups excluding carboxylic acids is 1. The van der Waals surface area contributed by atoms with Gasteiger partial charge in [-0.3, -0.25) is 4.79 Å². The molecule has 0 atom stereocenters. The lowest BCUT2D eigenvalue weighted by atomic mass is 10.2. The molecule has 0 bridgehead atoms. The van der Waals surface area contributed by atoms with Gasteiger partial charge in [0, 0.05) is 0 Å². The molecule has 0 N–H and O–H groups in total. The van der Waals surface area contributed by atoms with Crippen molar-refractivity contribution in [3.8, 4) is 5.69 Å². The van der Waals surface area contributed by atoms with Crippen LogP contribution in [0.1, 0.15) is 16.1 Å². The summed E-state index contributed by atoms with van der Waals surface area (Å²) in [4.78, 5) is 11.6. The van der Waals surface area contributed by atoms with Gasteiger partial charge in [-0.05, 0) is 31.2 Å². The third kappa shape index (κ3) is 2.29. The van der Waals surface area contributed by atoms with Crippen LogP contribution in [-0.4, -0.2) is 20.9 Å². The zero-order valence-electron chi connectivity index (χ0n) is 9.15. The zero-order valence-corrected chi connectivity index (χ0v) is 10.7. The summed E-state index contributed by atoms with van der Waals surface area (Å²) in [5.41, 5.74) is 2.06. The van der Waals surface area contributed by atoms with Crippen LogP contribution in [0.25, 0.3) is 5.69 Å². The molecular weight excluding hydrogens is 287 g/mol. The van der Waals surface area contributed by atoms with E-state index in [1.807, 2.05) is 6.92 Å². The van der Waals surface area contributed by atoms with Crippen molar-refractivity contribution >= 4 is 21.7 Å². The van der Waals surface area contributed by atoms with Crippen LogP contribution in [0.15, 0.2) is 30.5 Å². The van der Waals surface area contributed by atoms with Crippen LogP contribution >= 0.6 is 15.9 Å². The van der Waals surface area contributed by atoms with Gasteiger partial charge < -0.3 is 0 Å². The Hall–Kier alpha value is -1.49. The van der Waals surface area contributed by atoms with Gasteiger partial charge in [-0.15, -0.1) is 0 Å². The van der Waals surface area contributed by atoms with Crippen molar-refractivity contribution in [1.29, 1.82) is 0 Å². The van der Waals surface area contributed by atoms with Crippen molar-refractivity contribution in [3.05, 3.63) is 47.5 Å². The van der Waals surface area contributed by atoms with Crippen molar-refractivity contribution in [2.24, 2.45) is 0 Å². The molecule has 3 nitrogen and oxygen atoms in total. The molecule has 0 saturated carbocycles. The number of ketones is 1. The number of hydrogen-bond acceptors (Lipinski definition) is 2. The van der Waals surface area contributed by atoms with Gasteiger partial charge in [0.15, 0.2) is 5.78 Å². The molecule has 0 saturated heterocycles. The van der Waals surface area contributed by atoms with Crippen LogP contribution in [-0.2, 0) is 0 Å². The fraction of sp³-hybridized carbons (Fsp3) is 0.167. The molecule has 0 aliphatic heterocycles. The Balaban J connectivity index is 2.44. The first kappa shape index (κ1) is 12.0. The molecule has 1 aromatic heterocycles. The highest BCUT2D eigenvalue weighted by molar-refractivity contribution is 9.09. The first-order chi connectivity index (χ1) is 8.13. The van der Waals surface area contributed by atoms with Gasteiger partial charge in [-0.1, -0.05) is 15.9 Å². The van der Waals surface area contributed by atoms with Gasteiger partial charge in [0.1, 0.15) is 5.82 Å². The molecule has 5 heteroatoms. The van der Waals surface area contributed by atoms with Crippen molar-refractivity contribution < 1.29 is 9.18 Å². The molecule has 88 valence electrons. The molecule has 0 amide bonds. The number of nitrogens with zero attached hydrogens (tertiary/aromatic N) is 2. The molecule has 1 heterocycles. The summed E-state index contributed by atoms with van der Waals surface area (Å²) in [5, 5.41) is 4.40. The first-order valence-corrected chi connectivity index (χ1v) is 6.15. The average molecular weight is 297 g/mol. The lowest BCUT2D eigenvalue weighted by molar-refractivity contribution is 0.102. The third-order valence-corrected chi connectivity index (χ3v) is 3.01. The van der Waals surface area contributed by atoms with E-state index in [0.717, 1.165) is 11.4 Å². The number of aromatic nitrogens is 2. The van der Waals surface area contributed by atoms with E-state index in [1.54, 1.807) is 16.8 Å². The van der Waals surface area contributed by atoms with Crippen molar-refractivity contribution in [2.75, 3.05) is 5.33 Å². The largest absolute Gasteiger partial charge is 0.293 e. The molecule has 2 rings (SSSR count). The second kappa shape index (κ2) is 4.79. The fourth-order valence-corrected chi connectivity index (χ4v) is 1.90. The molecule has 0 aliphatic rings. The lowest BCUT2D eigenvalue weighted by Gasteiger charge is -2.04. The van der Waals surface area contributed by atoms with Crippen LogP contribution in [0, 0.1) is 12.7 Å². The molecular formula is C12H10BrFN2O. The summed E-state index contributed by atoms with van der Waals surface area (Å²) in [7, 11) is 0. The van der Waals surface area contributed by atoms with Gasteiger partial charge in [-0.25, -0.2) is 9.07 Å². The van der Waals surface area contributed by atoms with E-state index >= 15 is 0 Å². The SMILES string of the molecule is Cc1c(C(=O)CBr)cnn1-c1ccc(F)cc1. The Morgan fingerprint density at radius 1 is 1.41 bits per heavy atom. The van der Waals surface area contributed by atoms with Crippen molar-refractivity contribution in [2.45, 2.75) is 6.92 Å². The van der Waals surface area contributed by atoms with Gasteiger partial charge in [-0.2, -0.15) is 5.10 Å². The van der Waals surface area contributed by atoms with Gasteiger partial charge in [0.05, 0.1) is 28.5 Å². The maximum atomic E-state index is 12.8. The van der Waals surface area contributed by atoms with Gasteiger partial charge >= 0.3 is 0 Å². The summed E-state index contributed by atoms with van der Waals surface area (Å²) < 4.78 is 14.4. The number of Topliss-reactive ketones (excluding diaryl/α,β-unsaturated/α-hetero) is 1. The number of benzene rings is 1. The number of alkyl halides is 1. The van der Waals surface area contributed by atoms with Crippen LogP contribution in [0.4, 0.5) is 4.39 Å². The van der Waals surface area contributed by atoms with E-state index in [1.165, 1.54) is 18.3 Å². The maximum Gasteiger partial charge on any atom is 0.176 e. The van der Waals surface area contributed by atoms with E-state index in [0.29, 0.717) is 5.56 Å². The standard InChI is InChI=1S/C12H10BrFN2O/c1-8-11(12(17)6-13)7-15-16(8)10-4-2-9(14)3-5-10/h2-5,7H,6H2,1H3. The molecule has 1 aromatic carbocycles. The fourth-order valence-electron chi connectivity index (χ4n) is 1.60. The Morgan fingerprint density at radius 2 is 2.06 bits per heavy atom. The topological polar surface area (TPSA) is 34.9 Å². The second-order valence-electron chi connectivity index (χ2n) is 3.59. The zero-order chi connectivity index (χ0) is 12.4. The van der Waals surface area contributed by atoms with E-state index < -0.39 is 0 Å². The van der Waals surface area contributed by atoms with Gasteiger partial charge in [0.25, 0.3) is 0 Å². The van der Waals surface area contributed by atoms with E-state index in [2.05, 4.69) is 21.0 Å². The highest BCUT2D eigenvalue weighted by Gasteiger charge is 2.13. The second-order valence-corrected chi connectivity index (χ2v) is 4.15. The number of halogens is 2. The first-order valence-electron chi connectivity index (χ1n) is 5.03. The molecule has 2 aromatic rings. The molecule has 0 spiro atoms.